The standard InChI is InChI=1S/C14H13F3N2/c1-2-12-11(7-8-13(18)19-12)9-3-5-10(6-4-9)14(15,16)17/h3-8H,2H2,1H3,(H2,18,19). The van der Waals surface area contributed by atoms with Crippen LogP contribution in [0.2, 0.25) is 0 Å². The zero-order valence-electron chi connectivity index (χ0n) is 10.3. The Kier molecular flexibility index (Phi) is 3.46. The average Bonchev–Trinajstić information content (AvgIpc) is 2.37. The van der Waals surface area contributed by atoms with E-state index in [-0.39, 0.29) is 0 Å². The van der Waals surface area contributed by atoms with E-state index in [1.165, 1.54) is 12.1 Å². The van der Waals surface area contributed by atoms with Gasteiger partial charge in [-0.1, -0.05) is 19.1 Å². The highest BCUT2D eigenvalue weighted by atomic mass is 19.4. The van der Waals surface area contributed by atoms with E-state index < -0.39 is 11.7 Å². The quantitative estimate of drug-likeness (QED) is 0.895. The number of pyridine rings is 1. The van der Waals surface area contributed by atoms with Crippen molar-refractivity contribution in [2.24, 2.45) is 0 Å². The molecule has 1 aromatic heterocycles. The van der Waals surface area contributed by atoms with Crippen molar-refractivity contribution in [2.45, 2.75) is 19.5 Å². The molecule has 0 bridgehead atoms. The van der Waals surface area contributed by atoms with Crippen molar-refractivity contribution < 1.29 is 13.2 Å². The van der Waals surface area contributed by atoms with E-state index in [1.54, 1.807) is 12.1 Å². The summed E-state index contributed by atoms with van der Waals surface area (Å²) in [5, 5.41) is 0. The van der Waals surface area contributed by atoms with Gasteiger partial charge in [0, 0.05) is 5.56 Å². The van der Waals surface area contributed by atoms with E-state index in [9.17, 15) is 13.2 Å². The van der Waals surface area contributed by atoms with Gasteiger partial charge in [0.1, 0.15) is 5.82 Å². The Labute approximate surface area is 109 Å². The van der Waals surface area contributed by atoms with Crippen LogP contribution in [0.4, 0.5) is 19.0 Å². The molecular formula is C14H13F3N2. The zero-order valence-corrected chi connectivity index (χ0v) is 10.3. The number of anilines is 1. The molecule has 2 N–H and O–H groups in total. The molecule has 0 saturated carbocycles. The molecule has 100 valence electrons. The predicted molar refractivity (Wildman–Crippen MR) is 68.5 cm³/mol. The lowest BCUT2D eigenvalue weighted by atomic mass is 10.0. The summed E-state index contributed by atoms with van der Waals surface area (Å²) in [5.74, 6) is 0.410. The van der Waals surface area contributed by atoms with Gasteiger partial charge < -0.3 is 5.73 Å². The molecule has 0 aliphatic carbocycles. The van der Waals surface area contributed by atoms with Gasteiger partial charge in [-0.2, -0.15) is 13.2 Å². The number of benzene rings is 1. The van der Waals surface area contributed by atoms with Gasteiger partial charge in [0.25, 0.3) is 0 Å². The summed E-state index contributed by atoms with van der Waals surface area (Å²) in [6.45, 7) is 1.93. The number of aryl methyl sites for hydroxylation is 1. The minimum absolute atomic E-state index is 0.410. The topological polar surface area (TPSA) is 38.9 Å². The van der Waals surface area contributed by atoms with Crippen LogP contribution in [0.25, 0.3) is 11.1 Å². The largest absolute Gasteiger partial charge is 0.416 e. The van der Waals surface area contributed by atoms with Crippen LogP contribution in [0, 0.1) is 0 Å². The van der Waals surface area contributed by atoms with Crippen molar-refractivity contribution in [1.29, 1.82) is 0 Å². The molecule has 1 aromatic carbocycles. The molecule has 0 atom stereocenters. The normalized spacial score (nSPS) is 11.6. The number of rotatable bonds is 2. The Morgan fingerprint density at radius 1 is 1.05 bits per heavy atom. The molecule has 0 radical (unpaired) electrons. The molecule has 0 aliphatic heterocycles. The minimum atomic E-state index is -4.31. The summed E-state index contributed by atoms with van der Waals surface area (Å²) in [6, 6.07) is 8.48. The second-order valence-corrected chi connectivity index (χ2v) is 4.16. The van der Waals surface area contributed by atoms with Gasteiger partial charge in [0.15, 0.2) is 0 Å². The van der Waals surface area contributed by atoms with E-state index in [0.717, 1.165) is 23.4 Å². The fourth-order valence-corrected chi connectivity index (χ4v) is 1.89. The van der Waals surface area contributed by atoms with Gasteiger partial charge in [-0.3, -0.25) is 0 Å². The number of hydrogen-bond acceptors (Lipinski definition) is 2. The van der Waals surface area contributed by atoms with E-state index in [1.807, 2.05) is 6.92 Å². The molecule has 0 aliphatic rings. The highest BCUT2D eigenvalue weighted by molar-refractivity contribution is 5.67. The Hall–Kier alpha value is -2.04. The molecular weight excluding hydrogens is 253 g/mol. The van der Waals surface area contributed by atoms with E-state index in [4.69, 9.17) is 5.73 Å². The van der Waals surface area contributed by atoms with Crippen LogP contribution in [0.3, 0.4) is 0 Å². The number of nitrogens with zero attached hydrogens (tertiary/aromatic N) is 1. The molecule has 0 unspecified atom stereocenters. The molecule has 0 amide bonds. The maximum absolute atomic E-state index is 12.5. The molecule has 19 heavy (non-hydrogen) atoms. The van der Waals surface area contributed by atoms with Crippen LogP contribution < -0.4 is 5.73 Å². The summed E-state index contributed by atoms with van der Waals surface area (Å²) in [4.78, 5) is 4.19. The van der Waals surface area contributed by atoms with E-state index in [2.05, 4.69) is 4.98 Å². The highest BCUT2D eigenvalue weighted by Crippen LogP contribution is 2.31. The van der Waals surface area contributed by atoms with Gasteiger partial charge in [0.05, 0.1) is 11.3 Å². The molecule has 1 heterocycles. The molecule has 2 aromatic rings. The third-order valence-electron chi connectivity index (χ3n) is 2.85. The Balaban J connectivity index is 2.43. The third-order valence-corrected chi connectivity index (χ3v) is 2.85. The van der Waals surface area contributed by atoms with Crippen LogP contribution >= 0.6 is 0 Å². The number of aromatic nitrogens is 1. The lowest BCUT2D eigenvalue weighted by molar-refractivity contribution is -0.137. The fourth-order valence-electron chi connectivity index (χ4n) is 1.89. The minimum Gasteiger partial charge on any atom is -0.384 e. The number of hydrogen-bond donors (Lipinski definition) is 1. The van der Waals surface area contributed by atoms with Crippen molar-refractivity contribution in [3.05, 3.63) is 47.7 Å². The Bertz CT molecular complexity index is 574. The van der Waals surface area contributed by atoms with Crippen molar-refractivity contribution in [1.82, 2.24) is 4.98 Å². The third kappa shape index (κ3) is 2.86. The first-order valence-corrected chi connectivity index (χ1v) is 5.85. The Morgan fingerprint density at radius 2 is 1.68 bits per heavy atom. The van der Waals surface area contributed by atoms with Crippen molar-refractivity contribution in [3.8, 4) is 11.1 Å². The van der Waals surface area contributed by atoms with Crippen LogP contribution in [0.5, 0.6) is 0 Å². The summed E-state index contributed by atoms with van der Waals surface area (Å²) in [6.07, 6.45) is -3.65. The second kappa shape index (κ2) is 4.91. The lowest BCUT2D eigenvalue weighted by Crippen LogP contribution is -2.04. The molecule has 2 nitrogen and oxygen atoms in total. The van der Waals surface area contributed by atoms with Crippen molar-refractivity contribution >= 4 is 5.82 Å². The van der Waals surface area contributed by atoms with Crippen LogP contribution in [0.15, 0.2) is 36.4 Å². The monoisotopic (exact) mass is 266 g/mol. The predicted octanol–water partition coefficient (Wildman–Crippen LogP) is 3.91. The van der Waals surface area contributed by atoms with Gasteiger partial charge in [-0.05, 0) is 36.2 Å². The van der Waals surface area contributed by atoms with Crippen LogP contribution in [0.1, 0.15) is 18.2 Å². The number of alkyl halides is 3. The maximum Gasteiger partial charge on any atom is 0.416 e. The molecule has 0 spiro atoms. The first kappa shape index (κ1) is 13.4. The van der Waals surface area contributed by atoms with Crippen molar-refractivity contribution in [3.63, 3.8) is 0 Å². The SMILES string of the molecule is CCc1nc(N)ccc1-c1ccc(C(F)(F)F)cc1. The van der Waals surface area contributed by atoms with Crippen molar-refractivity contribution in [2.75, 3.05) is 5.73 Å². The second-order valence-electron chi connectivity index (χ2n) is 4.16. The smallest absolute Gasteiger partial charge is 0.384 e. The first-order chi connectivity index (χ1) is 8.91. The number of nitrogen functional groups attached to an aromatic ring is 1. The van der Waals surface area contributed by atoms with Crippen LogP contribution in [-0.2, 0) is 12.6 Å². The Morgan fingerprint density at radius 3 is 2.21 bits per heavy atom. The van der Waals surface area contributed by atoms with Gasteiger partial charge in [-0.15, -0.1) is 0 Å². The lowest BCUT2D eigenvalue weighted by Gasteiger charge is -2.10. The molecule has 0 saturated heterocycles. The van der Waals surface area contributed by atoms with Gasteiger partial charge in [0.2, 0.25) is 0 Å². The molecule has 0 fully saturated rings. The summed E-state index contributed by atoms with van der Waals surface area (Å²) < 4.78 is 37.5. The first-order valence-electron chi connectivity index (χ1n) is 5.85. The van der Waals surface area contributed by atoms with Gasteiger partial charge in [-0.25, -0.2) is 4.98 Å². The summed E-state index contributed by atoms with van der Waals surface area (Å²) in [5.41, 5.74) is 7.24. The maximum atomic E-state index is 12.5. The average molecular weight is 266 g/mol. The van der Waals surface area contributed by atoms with Gasteiger partial charge >= 0.3 is 6.18 Å². The van der Waals surface area contributed by atoms with Crippen LogP contribution in [-0.4, -0.2) is 4.98 Å². The summed E-state index contributed by atoms with van der Waals surface area (Å²) in [7, 11) is 0. The van der Waals surface area contributed by atoms with E-state index >= 15 is 0 Å². The zero-order chi connectivity index (χ0) is 14.0. The fraction of sp³-hybridized carbons (Fsp3) is 0.214. The highest BCUT2D eigenvalue weighted by Gasteiger charge is 2.30. The molecule has 2 rings (SSSR count). The molecule has 5 heteroatoms. The summed E-state index contributed by atoms with van der Waals surface area (Å²) >= 11 is 0. The number of halogens is 3. The number of nitrogens with two attached hydrogens (primary N) is 1. The van der Waals surface area contributed by atoms with E-state index in [0.29, 0.717) is 17.8 Å².